The third-order valence-corrected chi connectivity index (χ3v) is 6.15. The van der Waals surface area contributed by atoms with Crippen LogP contribution in [-0.2, 0) is 23.9 Å². The van der Waals surface area contributed by atoms with Crippen molar-refractivity contribution in [3.63, 3.8) is 0 Å². The maximum atomic E-state index is 15.1. The van der Waals surface area contributed by atoms with Crippen molar-refractivity contribution in [2.45, 2.75) is 37.5 Å². The molecule has 1 saturated carbocycles. The molecule has 31 heavy (non-hydrogen) atoms. The number of urea groups is 1. The molecule has 2 unspecified atom stereocenters. The second kappa shape index (κ2) is 6.64. The molecule has 4 amide bonds. The Morgan fingerprint density at radius 1 is 1.26 bits per heavy atom. The van der Waals surface area contributed by atoms with E-state index in [1.165, 1.54) is 29.9 Å². The third kappa shape index (κ3) is 2.72. The monoisotopic (exact) mass is 433 g/mol. The Labute approximate surface area is 176 Å². The van der Waals surface area contributed by atoms with Crippen LogP contribution >= 0.6 is 0 Å². The van der Waals surface area contributed by atoms with E-state index in [0.29, 0.717) is 12.8 Å². The van der Waals surface area contributed by atoms with E-state index >= 15 is 4.39 Å². The van der Waals surface area contributed by atoms with Gasteiger partial charge in [0.2, 0.25) is 0 Å². The minimum atomic E-state index is -1.12. The highest BCUT2D eigenvalue weighted by atomic mass is 19.1. The van der Waals surface area contributed by atoms with E-state index in [4.69, 9.17) is 14.2 Å². The minimum absolute atomic E-state index is 0.0310. The summed E-state index contributed by atoms with van der Waals surface area (Å²) in [6.45, 7) is 2.02. The summed E-state index contributed by atoms with van der Waals surface area (Å²) in [6, 6.07) is -0.254. The zero-order valence-electron chi connectivity index (χ0n) is 16.9. The van der Waals surface area contributed by atoms with Gasteiger partial charge in [0.25, 0.3) is 11.8 Å². The van der Waals surface area contributed by atoms with E-state index in [2.05, 4.69) is 0 Å². The molecule has 3 fully saturated rings. The summed E-state index contributed by atoms with van der Waals surface area (Å²) in [7, 11) is 1.20. The van der Waals surface area contributed by atoms with Crippen molar-refractivity contribution >= 4 is 35.2 Å². The molecule has 1 aromatic carbocycles. The zero-order valence-corrected chi connectivity index (χ0v) is 16.9. The third-order valence-electron chi connectivity index (χ3n) is 6.15. The standard InChI is InChI=1S/C20H20FN3O7/c1-10(17(26)29-2)23-13-8-12(11(21)7-15(13)31-20(3-4-20)18(23)27)24-16(25)14-9-30-6-5-22(14)19(24)28/h7-8,10,14H,3-6,9H2,1-2H3. The summed E-state index contributed by atoms with van der Waals surface area (Å²) in [5.41, 5.74) is -1.34. The van der Waals surface area contributed by atoms with E-state index < -0.39 is 47.3 Å². The van der Waals surface area contributed by atoms with Crippen molar-refractivity contribution in [2.24, 2.45) is 0 Å². The Balaban J connectivity index is 1.60. The second-order valence-corrected chi connectivity index (χ2v) is 7.98. The number of carbonyl (C=O) groups is 4. The lowest BCUT2D eigenvalue weighted by Crippen LogP contribution is -2.54. The Kier molecular flexibility index (Phi) is 4.23. The van der Waals surface area contributed by atoms with Crippen LogP contribution in [0.4, 0.5) is 20.6 Å². The number of imide groups is 1. The number of ether oxygens (including phenoxy) is 3. The number of nitrogens with zero attached hydrogens (tertiary/aromatic N) is 3. The van der Waals surface area contributed by atoms with Gasteiger partial charge in [-0.15, -0.1) is 0 Å². The average molecular weight is 433 g/mol. The van der Waals surface area contributed by atoms with Crippen molar-refractivity contribution in [1.82, 2.24) is 4.90 Å². The lowest BCUT2D eigenvalue weighted by Gasteiger charge is -2.37. The normalized spacial score (nSPS) is 24.7. The van der Waals surface area contributed by atoms with Crippen LogP contribution in [0.5, 0.6) is 5.75 Å². The van der Waals surface area contributed by atoms with Gasteiger partial charge in [-0.25, -0.2) is 18.9 Å². The number of morpholine rings is 1. The van der Waals surface area contributed by atoms with Gasteiger partial charge in [0.1, 0.15) is 17.8 Å². The molecule has 1 spiro atoms. The smallest absolute Gasteiger partial charge is 0.332 e. The lowest BCUT2D eigenvalue weighted by atomic mass is 10.1. The highest BCUT2D eigenvalue weighted by Crippen LogP contribution is 2.51. The van der Waals surface area contributed by atoms with Gasteiger partial charge in [-0.2, -0.15) is 0 Å². The summed E-state index contributed by atoms with van der Waals surface area (Å²) >= 11 is 0. The molecule has 0 radical (unpaired) electrons. The largest absolute Gasteiger partial charge is 0.475 e. The van der Waals surface area contributed by atoms with E-state index in [9.17, 15) is 19.2 Å². The van der Waals surface area contributed by atoms with Gasteiger partial charge in [-0.1, -0.05) is 0 Å². The molecule has 10 nitrogen and oxygen atoms in total. The maximum absolute atomic E-state index is 15.1. The molecule has 4 aliphatic rings. The summed E-state index contributed by atoms with van der Waals surface area (Å²) in [4.78, 5) is 54.3. The van der Waals surface area contributed by atoms with E-state index in [-0.39, 0.29) is 36.9 Å². The number of hydrogen-bond acceptors (Lipinski definition) is 7. The molecular formula is C20H20FN3O7. The maximum Gasteiger partial charge on any atom is 0.332 e. The number of benzene rings is 1. The van der Waals surface area contributed by atoms with Crippen LogP contribution in [0.3, 0.4) is 0 Å². The molecule has 1 aromatic rings. The van der Waals surface area contributed by atoms with Gasteiger partial charge in [0, 0.05) is 25.5 Å². The van der Waals surface area contributed by atoms with E-state index in [0.717, 1.165) is 11.0 Å². The van der Waals surface area contributed by atoms with Gasteiger partial charge >= 0.3 is 12.0 Å². The molecule has 5 rings (SSSR count). The molecule has 0 aromatic heterocycles. The first kappa shape index (κ1) is 19.7. The zero-order chi connectivity index (χ0) is 22.1. The molecule has 11 heteroatoms. The van der Waals surface area contributed by atoms with E-state index in [1.807, 2.05) is 0 Å². The fraction of sp³-hybridized carbons (Fsp3) is 0.500. The Morgan fingerprint density at radius 3 is 2.65 bits per heavy atom. The predicted molar refractivity (Wildman–Crippen MR) is 102 cm³/mol. The second-order valence-electron chi connectivity index (χ2n) is 7.98. The van der Waals surface area contributed by atoms with Crippen molar-refractivity contribution in [2.75, 3.05) is 36.7 Å². The molecule has 3 aliphatic heterocycles. The molecule has 2 saturated heterocycles. The van der Waals surface area contributed by atoms with Crippen molar-refractivity contribution in [3.8, 4) is 5.75 Å². The SMILES string of the molecule is COC(=O)C(C)N1C(=O)C2(CC2)Oc2cc(F)c(N3C(=O)C4COCCN4C3=O)cc21. The quantitative estimate of drug-likeness (QED) is 0.513. The highest BCUT2D eigenvalue weighted by Gasteiger charge is 2.59. The van der Waals surface area contributed by atoms with Crippen LogP contribution in [0.25, 0.3) is 0 Å². The summed E-state index contributed by atoms with van der Waals surface area (Å²) < 4.78 is 30.9. The first-order chi connectivity index (χ1) is 14.8. The lowest BCUT2D eigenvalue weighted by molar-refractivity contribution is -0.144. The number of amides is 4. The molecule has 164 valence electrons. The van der Waals surface area contributed by atoms with Gasteiger partial charge < -0.3 is 19.1 Å². The van der Waals surface area contributed by atoms with Gasteiger partial charge in [0.05, 0.1) is 31.7 Å². The summed E-state index contributed by atoms with van der Waals surface area (Å²) in [5.74, 6) is -2.50. The topological polar surface area (TPSA) is 106 Å². The first-order valence-corrected chi connectivity index (χ1v) is 9.95. The number of halogens is 1. The number of rotatable bonds is 3. The summed E-state index contributed by atoms with van der Waals surface area (Å²) in [6.07, 6.45) is 0.886. The molecule has 3 heterocycles. The van der Waals surface area contributed by atoms with Crippen molar-refractivity contribution in [3.05, 3.63) is 17.9 Å². The number of carbonyl (C=O) groups excluding carboxylic acids is 4. The Bertz CT molecular complexity index is 1000. The number of methoxy groups -OCH3 is 1. The Morgan fingerprint density at radius 2 is 2.00 bits per heavy atom. The van der Waals surface area contributed by atoms with Crippen LogP contribution in [0.2, 0.25) is 0 Å². The fourth-order valence-electron chi connectivity index (χ4n) is 4.28. The van der Waals surface area contributed by atoms with E-state index in [1.54, 1.807) is 0 Å². The number of anilines is 2. The molecular weight excluding hydrogens is 413 g/mol. The van der Waals surface area contributed by atoms with Crippen molar-refractivity contribution in [1.29, 1.82) is 0 Å². The van der Waals surface area contributed by atoms with Crippen LogP contribution in [0.1, 0.15) is 19.8 Å². The van der Waals surface area contributed by atoms with Crippen LogP contribution in [0, 0.1) is 5.82 Å². The fourth-order valence-corrected chi connectivity index (χ4v) is 4.28. The van der Waals surface area contributed by atoms with Gasteiger partial charge in [-0.3, -0.25) is 14.5 Å². The van der Waals surface area contributed by atoms with Gasteiger partial charge in [-0.05, 0) is 13.0 Å². The molecule has 1 aliphatic carbocycles. The molecule has 0 bridgehead atoms. The van der Waals surface area contributed by atoms with Crippen molar-refractivity contribution < 1.29 is 37.8 Å². The Hall–Kier alpha value is -3.21. The molecule has 0 N–H and O–H groups in total. The van der Waals surface area contributed by atoms with Crippen LogP contribution < -0.4 is 14.5 Å². The number of hydrogen-bond donors (Lipinski definition) is 0. The number of fused-ring (bicyclic) bond motifs is 2. The van der Waals surface area contributed by atoms with Crippen LogP contribution in [-0.4, -0.2) is 73.3 Å². The predicted octanol–water partition coefficient (Wildman–Crippen LogP) is 0.813. The number of esters is 1. The first-order valence-electron chi connectivity index (χ1n) is 9.95. The minimum Gasteiger partial charge on any atom is -0.475 e. The average Bonchev–Trinajstić information content (AvgIpc) is 3.49. The highest BCUT2D eigenvalue weighted by molar-refractivity contribution is 6.22. The van der Waals surface area contributed by atoms with Crippen LogP contribution in [0.15, 0.2) is 12.1 Å². The summed E-state index contributed by atoms with van der Waals surface area (Å²) in [5, 5.41) is 0. The molecule has 2 atom stereocenters. The van der Waals surface area contributed by atoms with Gasteiger partial charge in [0.15, 0.2) is 11.4 Å².